The molecule has 5 aliphatic rings. The molecule has 1 saturated carbocycles. The number of piperazine rings is 1. The molecule has 7 atom stereocenters. The second kappa shape index (κ2) is 12.4. The summed E-state index contributed by atoms with van der Waals surface area (Å²) in [5, 5.41) is 16.9. The van der Waals surface area contributed by atoms with Crippen molar-refractivity contribution in [3.8, 4) is 6.07 Å². The summed E-state index contributed by atoms with van der Waals surface area (Å²) in [6.45, 7) is 9.25. The standard InChI is InChI=1S/C32H44N6O3S/c1-4-27(39)38-17-16-37(19-23(38)11-14-33)30-25-10-13-32(12-9-22-18-21(2)7-8-26(22)42-32)29(40)28(25)34-31(35-30)41-20-24-6-5-15-36(24)3/h4,7-8,18,23-25,28,30-31,34-35H,1,5-6,9-13,15-17,19-20H2,2-3H3/t23?,24?,25?,28?,30?,31?,32-/m1/s1. The van der Waals surface area contributed by atoms with Crippen molar-refractivity contribution in [2.45, 2.75) is 92.2 Å². The van der Waals surface area contributed by atoms with Crippen LogP contribution >= 0.6 is 11.8 Å². The molecule has 6 unspecified atom stereocenters. The van der Waals surface area contributed by atoms with E-state index in [1.165, 1.54) is 28.5 Å². The number of benzene rings is 1. The minimum Gasteiger partial charge on any atom is -0.348 e. The second-order valence-corrected chi connectivity index (χ2v) is 14.2. The number of nitriles is 1. The van der Waals surface area contributed by atoms with Crippen LogP contribution in [0, 0.1) is 24.2 Å². The second-order valence-electron chi connectivity index (χ2n) is 12.8. The first-order chi connectivity index (χ1) is 20.3. The van der Waals surface area contributed by atoms with Crippen LogP contribution < -0.4 is 10.6 Å². The van der Waals surface area contributed by atoms with Crippen LogP contribution in [0.25, 0.3) is 0 Å². The molecule has 3 saturated heterocycles. The summed E-state index contributed by atoms with van der Waals surface area (Å²) in [7, 11) is 2.15. The Labute approximate surface area is 254 Å². The van der Waals surface area contributed by atoms with Gasteiger partial charge in [-0.3, -0.25) is 25.1 Å². The Kier molecular flexibility index (Phi) is 8.79. The minimum atomic E-state index is -0.449. The van der Waals surface area contributed by atoms with Crippen molar-refractivity contribution in [2.24, 2.45) is 5.92 Å². The average Bonchev–Trinajstić information content (AvgIpc) is 3.42. The molecule has 6 rings (SSSR count). The first-order valence-electron chi connectivity index (χ1n) is 15.5. The predicted octanol–water partition coefficient (Wildman–Crippen LogP) is 2.65. The van der Waals surface area contributed by atoms with E-state index in [9.17, 15) is 14.9 Å². The van der Waals surface area contributed by atoms with Gasteiger partial charge in [-0.2, -0.15) is 5.26 Å². The number of ketones is 1. The number of ether oxygens (including phenoxy) is 1. The topological polar surface area (TPSA) is 101 Å². The maximum absolute atomic E-state index is 14.5. The van der Waals surface area contributed by atoms with E-state index in [0.29, 0.717) is 38.1 Å². The number of nitrogens with zero attached hydrogens (tertiary/aromatic N) is 4. The number of amides is 1. The van der Waals surface area contributed by atoms with E-state index < -0.39 is 11.1 Å². The average molecular weight is 593 g/mol. The van der Waals surface area contributed by atoms with Crippen LogP contribution in [0.15, 0.2) is 35.7 Å². The van der Waals surface area contributed by atoms with Gasteiger partial charge in [0.2, 0.25) is 5.91 Å². The normalized spacial score (nSPS) is 35.5. The van der Waals surface area contributed by atoms with Crippen LogP contribution in [0.1, 0.15) is 49.7 Å². The van der Waals surface area contributed by atoms with E-state index >= 15 is 0 Å². The number of hydrogen-bond donors (Lipinski definition) is 2. The lowest BCUT2D eigenvalue weighted by Gasteiger charge is -2.55. The Morgan fingerprint density at radius 2 is 2.10 bits per heavy atom. The maximum atomic E-state index is 14.5. The maximum Gasteiger partial charge on any atom is 0.246 e. The Morgan fingerprint density at radius 3 is 2.86 bits per heavy atom. The molecule has 9 nitrogen and oxygen atoms in total. The highest BCUT2D eigenvalue weighted by atomic mass is 32.2. The highest BCUT2D eigenvalue weighted by Gasteiger charge is 2.55. The summed E-state index contributed by atoms with van der Waals surface area (Å²) < 4.78 is 6.05. The molecule has 4 fully saturated rings. The summed E-state index contributed by atoms with van der Waals surface area (Å²) in [6.07, 6.45) is 6.91. The smallest absolute Gasteiger partial charge is 0.246 e. The molecule has 1 aromatic rings. The first kappa shape index (κ1) is 29.8. The lowest BCUT2D eigenvalue weighted by atomic mass is 9.72. The van der Waals surface area contributed by atoms with Crippen molar-refractivity contribution in [1.82, 2.24) is 25.3 Å². The molecule has 4 aliphatic heterocycles. The largest absolute Gasteiger partial charge is 0.348 e. The Morgan fingerprint density at radius 1 is 1.24 bits per heavy atom. The minimum absolute atomic E-state index is 0.0709. The fourth-order valence-electron chi connectivity index (χ4n) is 7.84. The molecular weight excluding hydrogens is 548 g/mol. The van der Waals surface area contributed by atoms with E-state index in [-0.39, 0.29) is 36.5 Å². The molecule has 10 heteroatoms. The van der Waals surface area contributed by atoms with E-state index in [0.717, 1.165) is 38.6 Å². The van der Waals surface area contributed by atoms with Crippen molar-refractivity contribution in [1.29, 1.82) is 5.26 Å². The van der Waals surface area contributed by atoms with Crippen LogP contribution in [0.3, 0.4) is 0 Å². The van der Waals surface area contributed by atoms with Gasteiger partial charge in [0.15, 0.2) is 12.1 Å². The van der Waals surface area contributed by atoms with Gasteiger partial charge in [0.1, 0.15) is 0 Å². The number of hydrogen-bond acceptors (Lipinski definition) is 9. The van der Waals surface area contributed by atoms with Crippen molar-refractivity contribution < 1.29 is 14.3 Å². The van der Waals surface area contributed by atoms with E-state index in [1.54, 1.807) is 16.7 Å². The number of likely N-dealkylation sites (N-methyl/N-ethyl adjacent to an activating group) is 1. The number of fused-ring (bicyclic) bond motifs is 2. The molecule has 4 heterocycles. The SMILES string of the molecule is C=CC(=O)N1CCN(C2NC(OCC3CCCN3C)NC3C(=O)[C@@]4(CCc5cc(C)ccc5S4)CCC32)CC1CC#N. The monoisotopic (exact) mass is 592 g/mol. The number of likely N-dealkylation sites (tertiary alicyclic amines) is 1. The van der Waals surface area contributed by atoms with Crippen LogP contribution in [-0.4, -0.2) is 102 Å². The van der Waals surface area contributed by atoms with Crippen molar-refractivity contribution in [2.75, 3.05) is 39.8 Å². The fourth-order valence-corrected chi connectivity index (χ4v) is 9.34. The molecule has 42 heavy (non-hydrogen) atoms. The van der Waals surface area contributed by atoms with Gasteiger partial charge < -0.3 is 14.5 Å². The lowest BCUT2D eigenvalue weighted by Crippen LogP contribution is -2.75. The van der Waals surface area contributed by atoms with Gasteiger partial charge in [-0.1, -0.05) is 24.3 Å². The molecule has 0 aromatic heterocycles. The molecule has 0 bridgehead atoms. The number of nitrogens with one attached hydrogen (secondary N) is 2. The molecule has 1 spiro atoms. The van der Waals surface area contributed by atoms with Gasteiger partial charge in [0, 0.05) is 36.5 Å². The Hall–Kier alpha value is -2.26. The lowest BCUT2D eigenvalue weighted by molar-refractivity contribution is -0.145. The van der Waals surface area contributed by atoms with Gasteiger partial charge in [0.05, 0.1) is 42.1 Å². The molecule has 1 aliphatic carbocycles. The molecule has 2 N–H and O–H groups in total. The van der Waals surface area contributed by atoms with E-state index in [1.807, 2.05) is 0 Å². The molecular formula is C32H44N6O3S. The summed E-state index contributed by atoms with van der Waals surface area (Å²) in [6, 6.07) is 8.73. The van der Waals surface area contributed by atoms with Crippen molar-refractivity contribution >= 4 is 23.5 Å². The number of rotatable bonds is 6. The van der Waals surface area contributed by atoms with E-state index in [2.05, 4.69) is 65.3 Å². The number of Topliss-reactive ketones (excluding diaryl/α,β-unsaturated/α-hetero) is 1. The zero-order valence-electron chi connectivity index (χ0n) is 24.9. The number of aryl methyl sites for hydroxylation is 2. The van der Waals surface area contributed by atoms with Gasteiger partial charge >= 0.3 is 0 Å². The third-order valence-corrected chi connectivity index (χ3v) is 11.9. The zero-order valence-corrected chi connectivity index (χ0v) is 25.7. The number of carbonyl (C=O) groups is 2. The zero-order chi connectivity index (χ0) is 29.4. The number of thioether (sulfide) groups is 1. The van der Waals surface area contributed by atoms with Gasteiger partial charge in [-0.25, -0.2) is 0 Å². The summed E-state index contributed by atoms with van der Waals surface area (Å²) in [5.41, 5.74) is 2.62. The van der Waals surface area contributed by atoms with Crippen LogP contribution in [0.2, 0.25) is 0 Å². The third kappa shape index (κ3) is 5.68. The molecule has 0 radical (unpaired) electrons. The Bertz CT molecular complexity index is 1250. The predicted molar refractivity (Wildman–Crippen MR) is 163 cm³/mol. The van der Waals surface area contributed by atoms with Gasteiger partial charge in [-0.15, -0.1) is 11.8 Å². The molecule has 1 amide bonds. The fraction of sp³-hybridized carbons (Fsp3) is 0.656. The van der Waals surface area contributed by atoms with Crippen molar-refractivity contribution in [3.05, 3.63) is 42.0 Å². The van der Waals surface area contributed by atoms with Crippen LogP contribution in [0.4, 0.5) is 0 Å². The van der Waals surface area contributed by atoms with Gasteiger partial charge in [0.25, 0.3) is 0 Å². The highest BCUT2D eigenvalue weighted by molar-refractivity contribution is 8.01. The summed E-state index contributed by atoms with van der Waals surface area (Å²) in [4.78, 5) is 34.8. The van der Waals surface area contributed by atoms with Gasteiger partial charge in [-0.05, 0) is 76.7 Å². The third-order valence-electron chi connectivity index (χ3n) is 10.2. The molecule has 1 aromatic carbocycles. The van der Waals surface area contributed by atoms with E-state index in [4.69, 9.17) is 4.74 Å². The number of carbonyl (C=O) groups excluding carboxylic acids is 2. The van der Waals surface area contributed by atoms with Crippen molar-refractivity contribution in [3.63, 3.8) is 0 Å². The summed E-state index contributed by atoms with van der Waals surface area (Å²) in [5.74, 6) is 0.233. The van der Waals surface area contributed by atoms with Crippen LogP contribution in [-0.2, 0) is 20.7 Å². The quantitative estimate of drug-likeness (QED) is 0.483. The summed E-state index contributed by atoms with van der Waals surface area (Å²) >= 11 is 1.78. The Balaban J connectivity index is 1.24. The van der Waals surface area contributed by atoms with Crippen LogP contribution in [0.5, 0.6) is 0 Å². The first-order valence-corrected chi connectivity index (χ1v) is 16.3. The molecule has 226 valence electrons. The highest BCUT2D eigenvalue weighted by Crippen LogP contribution is 2.51.